The molecule has 3 atom stereocenters. The molecule has 1 amide bonds. The second-order valence-corrected chi connectivity index (χ2v) is 6.27. The van der Waals surface area contributed by atoms with E-state index in [4.69, 9.17) is 5.26 Å². The summed E-state index contributed by atoms with van der Waals surface area (Å²) < 4.78 is 0. The molecule has 0 aromatic heterocycles. The smallest absolute Gasteiger partial charge is 0.240 e. The number of halogens is 2. The highest BCUT2D eigenvalue weighted by Crippen LogP contribution is 2.23. The van der Waals surface area contributed by atoms with Gasteiger partial charge in [-0.25, -0.2) is 0 Å². The van der Waals surface area contributed by atoms with Gasteiger partial charge in [0, 0.05) is 19.1 Å². The van der Waals surface area contributed by atoms with E-state index < -0.39 is 0 Å². The highest BCUT2D eigenvalue weighted by molar-refractivity contribution is 5.85. The fourth-order valence-corrected chi connectivity index (χ4v) is 3.83. The van der Waals surface area contributed by atoms with Crippen molar-refractivity contribution in [2.45, 2.75) is 56.7 Å². The van der Waals surface area contributed by atoms with Crippen LogP contribution in [0.25, 0.3) is 0 Å². The molecule has 0 aliphatic carbocycles. The Morgan fingerprint density at radius 3 is 2.50 bits per heavy atom. The second kappa shape index (κ2) is 8.93. The normalized spacial score (nSPS) is 32.0. The van der Waals surface area contributed by atoms with E-state index in [1.165, 1.54) is 32.4 Å². The van der Waals surface area contributed by atoms with E-state index in [2.05, 4.69) is 16.3 Å². The first-order valence-electron chi connectivity index (χ1n) is 7.97. The van der Waals surface area contributed by atoms with Crippen molar-refractivity contribution in [2.75, 3.05) is 26.2 Å². The number of piperidine rings is 1. The summed E-state index contributed by atoms with van der Waals surface area (Å²) in [6.45, 7) is 4.03. The summed E-state index contributed by atoms with van der Waals surface area (Å²) in [4.78, 5) is 16.9. The molecule has 0 aromatic rings. The minimum Gasteiger partial charge on any atom is -0.325 e. The van der Waals surface area contributed by atoms with Crippen LogP contribution in [0.15, 0.2) is 0 Å². The molecule has 3 aliphatic heterocycles. The van der Waals surface area contributed by atoms with Crippen molar-refractivity contribution >= 4 is 30.7 Å². The Morgan fingerprint density at radius 1 is 1.09 bits per heavy atom. The summed E-state index contributed by atoms with van der Waals surface area (Å²) in [6, 6.07) is 2.50. The molecule has 0 spiro atoms. The fraction of sp³-hybridized carbons (Fsp3) is 0.867. The van der Waals surface area contributed by atoms with E-state index in [1.807, 2.05) is 0 Å². The molecule has 3 rings (SSSR count). The molecule has 0 bridgehead atoms. The first kappa shape index (κ1) is 19.5. The third kappa shape index (κ3) is 4.05. The Kier molecular flexibility index (Phi) is 7.92. The van der Waals surface area contributed by atoms with Crippen molar-refractivity contribution in [1.82, 2.24) is 15.1 Å². The molecule has 0 radical (unpaired) electrons. The zero-order chi connectivity index (χ0) is 13.9. The molecule has 0 saturated carbocycles. The van der Waals surface area contributed by atoms with Gasteiger partial charge in [0.2, 0.25) is 5.91 Å². The maximum Gasteiger partial charge on any atom is 0.240 e. The molecule has 3 heterocycles. The predicted octanol–water partition coefficient (Wildman–Crippen LogP) is 1.56. The number of hydrogen-bond acceptors (Lipinski definition) is 4. The first-order valence-corrected chi connectivity index (χ1v) is 7.97. The van der Waals surface area contributed by atoms with Crippen LogP contribution in [-0.4, -0.2) is 60.0 Å². The minimum absolute atomic E-state index is 0. The van der Waals surface area contributed by atoms with Crippen LogP contribution in [0, 0.1) is 11.3 Å². The monoisotopic (exact) mass is 348 g/mol. The summed E-state index contributed by atoms with van der Waals surface area (Å²) in [5, 5.41) is 12.5. The Morgan fingerprint density at radius 2 is 1.82 bits per heavy atom. The second-order valence-electron chi connectivity index (χ2n) is 6.27. The number of nitrogens with zero attached hydrogens (tertiary/aromatic N) is 3. The van der Waals surface area contributed by atoms with Gasteiger partial charge in [0.25, 0.3) is 0 Å². The van der Waals surface area contributed by atoms with E-state index in [0.717, 1.165) is 32.4 Å². The van der Waals surface area contributed by atoms with E-state index in [-0.39, 0.29) is 42.8 Å². The topological polar surface area (TPSA) is 59.4 Å². The Bertz CT molecular complexity index is 409. The average Bonchev–Trinajstić information content (AvgIpc) is 3.16. The van der Waals surface area contributed by atoms with Crippen LogP contribution in [0.5, 0.6) is 0 Å². The quantitative estimate of drug-likeness (QED) is 0.822. The van der Waals surface area contributed by atoms with Crippen molar-refractivity contribution in [3.05, 3.63) is 0 Å². The maximum absolute atomic E-state index is 12.5. The number of nitriles is 1. The van der Waals surface area contributed by atoms with Crippen molar-refractivity contribution in [2.24, 2.45) is 0 Å². The third-order valence-electron chi connectivity index (χ3n) is 5.00. The van der Waals surface area contributed by atoms with Gasteiger partial charge in [-0.1, -0.05) is 6.42 Å². The maximum atomic E-state index is 12.5. The van der Waals surface area contributed by atoms with E-state index in [9.17, 15) is 4.79 Å². The molecule has 3 saturated heterocycles. The van der Waals surface area contributed by atoms with Gasteiger partial charge < -0.3 is 10.2 Å². The standard InChI is InChI=1S/C15H24N4O.2ClH/c16-10-12-5-4-8-19(12)15(20)14-9-13(11-17-14)18-6-2-1-3-7-18;;/h12-14,17H,1-9,11H2;2*1H/t12-,13-,14-;;/m0../s1. The number of carbonyl (C=O) groups is 1. The van der Waals surface area contributed by atoms with Crippen LogP contribution in [-0.2, 0) is 4.79 Å². The van der Waals surface area contributed by atoms with Crippen molar-refractivity contribution in [3.8, 4) is 6.07 Å². The largest absolute Gasteiger partial charge is 0.325 e. The molecule has 0 aromatic carbocycles. The number of hydrogen-bond donors (Lipinski definition) is 1. The van der Waals surface area contributed by atoms with Crippen LogP contribution in [0.1, 0.15) is 38.5 Å². The summed E-state index contributed by atoms with van der Waals surface area (Å²) in [5.74, 6) is 0.147. The molecular weight excluding hydrogens is 323 g/mol. The van der Waals surface area contributed by atoms with Gasteiger partial charge in [0.1, 0.15) is 6.04 Å². The van der Waals surface area contributed by atoms with Gasteiger partial charge in [-0.15, -0.1) is 24.8 Å². The molecular formula is C15H26Cl2N4O. The van der Waals surface area contributed by atoms with Gasteiger partial charge >= 0.3 is 0 Å². The molecule has 22 heavy (non-hydrogen) atoms. The number of amides is 1. The fourth-order valence-electron chi connectivity index (χ4n) is 3.83. The number of nitrogens with one attached hydrogen (secondary N) is 1. The highest BCUT2D eigenvalue weighted by Gasteiger charge is 2.38. The van der Waals surface area contributed by atoms with E-state index >= 15 is 0 Å². The van der Waals surface area contributed by atoms with Crippen molar-refractivity contribution in [1.29, 1.82) is 5.26 Å². The van der Waals surface area contributed by atoms with Gasteiger partial charge in [0.05, 0.1) is 12.1 Å². The number of likely N-dealkylation sites (tertiary alicyclic amines) is 2. The summed E-state index contributed by atoms with van der Waals surface area (Å²) in [7, 11) is 0. The van der Waals surface area contributed by atoms with Crippen LogP contribution >= 0.6 is 24.8 Å². The lowest BCUT2D eigenvalue weighted by Crippen LogP contribution is -2.45. The number of carbonyl (C=O) groups excluding carboxylic acids is 1. The van der Waals surface area contributed by atoms with Crippen LogP contribution in [0.3, 0.4) is 0 Å². The Hall–Kier alpha value is -0.540. The highest BCUT2D eigenvalue weighted by atomic mass is 35.5. The van der Waals surface area contributed by atoms with Gasteiger partial charge in [-0.3, -0.25) is 9.69 Å². The predicted molar refractivity (Wildman–Crippen MR) is 90.5 cm³/mol. The molecule has 3 aliphatic rings. The first-order chi connectivity index (χ1) is 9.79. The SMILES string of the molecule is Cl.Cl.N#C[C@@H]1CCCN1C(=O)[C@@H]1C[C@H](N2CCCCC2)CN1. The lowest BCUT2D eigenvalue weighted by atomic mass is 10.1. The van der Waals surface area contributed by atoms with Gasteiger partial charge in [0.15, 0.2) is 0 Å². The van der Waals surface area contributed by atoms with Crippen molar-refractivity contribution in [3.63, 3.8) is 0 Å². The molecule has 0 unspecified atom stereocenters. The molecule has 126 valence electrons. The summed E-state index contributed by atoms with van der Waals surface area (Å²) in [6.07, 6.45) is 6.64. The minimum atomic E-state index is -0.196. The summed E-state index contributed by atoms with van der Waals surface area (Å²) in [5.41, 5.74) is 0. The Balaban J connectivity index is 0.00000121. The average molecular weight is 349 g/mol. The zero-order valence-electron chi connectivity index (χ0n) is 12.9. The van der Waals surface area contributed by atoms with Crippen molar-refractivity contribution < 1.29 is 4.79 Å². The lowest BCUT2D eigenvalue weighted by molar-refractivity contribution is -0.133. The molecule has 7 heteroatoms. The Labute approximate surface area is 145 Å². The van der Waals surface area contributed by atoms with E-state index in [0.29, 0.717) is 6.04 Å². The molecule has 1 N–H and O–H groups in total. The van der Waals surface area contributed by atoms with Gasteiger partial charge in [-0.2, -0.15) is 5.26 Å². The van der Waals surface area contributed by atoms with Crippen LogP contribution < -0.4 is 5.32 Å². The summed E-state index contributed by atoms with van der Waals surface area (Å²) >= 11 is 0. The third-order valence-corrected chi connectivity index (χ3v) is 5.00. The molecule has 3 fully saturated rings. The van der Waals surface area contributed by atoms with Crippen LogP contribution in [0.4, 0.5) is 0 Å². The lowest BCUT2D eigenvalue weighted by Gasteiger charge is -2.31. The zero-order valence-corrected chi connectivity index (χ0v) is 14.5. The number of rotatable bonds is 2. The van der Waals surface area contributed by atoms with E-state index in [1.54, 1.807) is 4.90 Å². The van der Waals surface area contributed by atoms with Crippen LogP contribution in [0.2, 0.25) is 0 Å². The van der Waals surface area contributed by atoms with Gasteiger partial charge in [-0.05, 0) is 45.2 Å². The molecule has 5 nitrogen and oxygen atoms in total.